The first-order valence-electron chi connectivity index (χ1n) is 5.95. The smallest absolute Gasteiger partial charge is 0.304 e. The third-order valence-corrected chi connectivity index (χ3v) is 2.85. The van der Waals surface area contributed by atoms with Gasteiger partial charge in [-0.15, -0.1) is 0 Å². The Morgan fingerprint density at radius 2 is 1.88 bits per heavy atom. The summed E-state index contributed by atoms with van der Waals surface area (Å²) in [6.45, 7) is 7.26. The van der Waals surface area contributed by atoms with Crippen molar-refractivity contribution in [2.24, 2.45) is 0 Å². The molecule has 0 aromatic rings. The van der Waals surface area contributed by atoms with Crippen molar-refractivity contribution < 1.29 is 14.4 Å². The molecule has 0 atom stereocenters. The van der Waals surface area contributed by atoms with Crippen LogP contribution in [0.5, 0.6) is 0 Å². The van der Waals surface area contributed by atoms with E-state index in [9.17, 15) is 14.4 Å². The van der Waals surface area contributed by atoms with Crippen molar-refractivity contribution in [2.75, 3.05) is 26.2 Å². The maximum absolute atomic E-state index is 11.5. The van der Waals surface area contributed by atoms with Crippen molar-refractivity contribution in [3.63, 3.8) is 0 Å². The maximum Gasteiger partial charge on any atom is 0.330 e. The molecule has 1 rings (SSSR count). The monoisotopic (exact) mass is 241 g/mol. The minimum atomic E-state index is -0.592. The third kappa shape index (κ3) is 3.81. The fourth-order valence-corrected chi connectivity index (χ4v) is 1.80. The van der Waals surface area contributed by atoms with Gasteiger partial charge >= 0.3 is 6.03 Å². The van der Waals surface area contributed by atoms with Gasteiger partial charge in [-0.05, 0) is 26.1 Å². The summed E-state index contributed by atoms with van der Waals surface area (Å²) in [6.07, 6.45) is 0.506. The van der Waals surface area contributed by atoms with E-state index in [0.29, 0.717) is 6.54 Å². The van der Waals surface area contributed by atoms with Crippen molar-refractivity contribution in [1.29, 1.82) is 0 Å². The number of barbiturate groups is 1. The zero-order valence-electron chi connectivity index (χ0n) is 10.4. The fraction of sp³-hybridized carbons (Fsp3) is 0.727. The van der Waals surface area contributed by atoms with Crippen LogP contribution in [0.25, 0.3) is 0 Å². The van der Waals surface area contributed by atoms with Gasteiger partial charge in [0.05, 0.1) is 0 Å². The first kappa shape index (κ1) is 13.6. The Morgan fingerprint density at radius 3 is 2.41 bits per heavy atom. The van der Waals surface area contributed by atoms with Gasteiger partial charge in [0, 0.05) is 6.54 Å². The number of hydrogen-bond donors (Lipinski definition) is 1. The van der Waals surface area contributed by atoms with Gasteiger partial charge in [0.15, 0.2) is 0 Å². The average Bonchev–Trinajstić information content (AvgIpc) is 2.27. The lowest BCUT2D eigenvalue weighted by Gasteiger charge is -2.26. The summed E-state index contributed by atoms with van der Waals surface area (Å²) in [5.74, 6) is -0.918. The van der Waals surface area contributed by atoms with E-state index in [2.05, 4.69) is 24.1 Å². The molecule has 0 unspecified atom stereocenters. The van der Waals surface area contributed by atoms with Crippen LogP contribution in [-0.2, 0) is 9.59 Å². The molecule has 0 spiro atoms. The topological polar surface area (TPSA) is 69.7 Å². The zero-order valence-corrected chi connectivity index (χ0v) is 10.4. The molecule has 0 bridgehead atoms. The summed E-state index contributed by atoms with van der Waals surface area (Å²) in [7, 11) is 0. The van der Waals surface area contributed by atoms with Crippen LogP contribution in [0.2, 0.25) is 0 Å². The van der Waals surface area contributed by atoms with Gasteiger partial charge in [0.2, 0.25) is 11.8 Å². The number of nitrogens with zero attached hydrogens (tertiary/aromatic N) is 2. The molecular weight excluding hydrogens is 222 g/mol. The molecule has 0 aromatic heterocycles. The number of urea groups is 1. The van der Waals surface area contributed by atoms with Crippen LogP contribution in [0.4, 0.5) is 4.79 Å². The summed E-state index contributed by atoms with van der Waals surface area (Å²) in [5, 5.41) is 2.14. The second kappa shape index (κ2) is 6.34. The number of carbonyl (C=O) groups excluding carboxylic acids is 3. The van der Waals surface area contributed by atoms with Gasteiger partial charge in [-0.25, -0.2) is 4.79 Å². The van der Waals surface area contributed by atoms with E-state index < -0.39 is 17.8 Å². The summed E-state index contributed by atoms with van der Waals surface area (Å²) in [5.41, 5.74) is 0. The molecule has 0 aromatic carbocycles. The lowest BCUT2D eigenvalue weighted by Crippen LogP contribution is -2.53. The SMILES string of the molecule is CCN(CC)CCCN1C(=O)CC(=O)NC1=O. The average molecular weight is 241 g/mol. The standard InChI is InChI=1S/C11H19N3O3/c1-3-13(4-2)6-5-7-14-10(16)8-9(15)12-11(14)17/h3-8H2,1-2H3,(H,12,15,17). The first-order chi connectivity index (χ1) is 8.08. The predicted molar refractivity (Wildman–Crippen MR) is 62.3 cm³/mol. The quantitative estimate of drug-likeness (QED) is 0.674. The van der Waals surface area contributed by atoms with Crippen LogP contribution >= 0.6 is 0 Å². The molecule has 0 saturated carbocycles. The van der Waals surface area contributed by atoms with Gasteiger partial charge in [-0.2, -0.15) is 0 Å². The van der Waals surface area contributed by atoms with Crippen LogP contribution in [0.1, 0.15) is 26.7 Å². The lowest BCUT2D eigenvalue weighted by molar-refractivity contribution is -0.136. The fourth-order valence-electron chi connectivity index (χ4n) is 1.80. The largest absolute Gasteiger partial charge is 0.330 e. The molecule has 96 valence electrons. The number of carbonyl (C=O) groups is 3. The highest BCUT2D eigenvalue weighted by atomic mass is 16.2. The van der Waals surface area contributed by atoms with Crippen LogP contribution in [0, 0.1) is 0 Å². The van der Waals surface area contributed by atoms with Crippen LogP contribution in [0.3, 0.4) is 0 Å². The van der Waals surface area contributed by atoms with E-state index in [4.69, 9.17) is 0 Å². The molecule has 1 fully saturated rings. The number of rotatable bonds is 6. The first-order valence-corrected chi connectivity index (χ1v) is 5.95. The van der Waals surface area contributed by atoms with Crippen molar-refractivity contribution in [1.82, 2.24) is 15.1 Å². The Balaban J connectivity index is 2.38. The summed E-state index contributed by atoms with van der Waals surface area (Å²) in [4.78, 5) is 37.1. The minimum absolute atomic E-state index is 0.225. The minimum Gasteiger partial charge on any atom is -0.304 e. The second-order valence-electron chi connectivity index (χ2n) is 3.96. The lowest BCUT2D eigenvalue weighted by atomic mass is 10.2. The zero-order chi connectivity index (χ0) is 12.8. The van der Waals surface area contributed by atoms with E-state index in [0.717, 1.165) is 31.0 Å². The highest BCUT2D eigenvalue weighted by Crippen LogP contribution is 2.04. The van der Waals surface area contributed by atoms with E-state index in [1.807, 2.05) is 0 Å². The van der Waals surface area contributed by atoms with E-state index in [1.165, 1.54) is 0 Å². The molecule has 4 amide bonds. The van der Waals surface area contributed by atoms with Crippen LogP contribution in [0.15, 0.2) is 0 Å². The molecule has 17 heavy (non-hydrogen) atoms. The Kier molecular flexibility index (Phi) is 5.09. The Hall–Kier alpha value is -1.43. The van der Waals surface area contributed by atoms with Gasteiger partial charge in [-0.3, -0.25) is 19.8 Å². The van der Waals surface area contributed by atoms with E-state index >= 15 is 0 Å². The van der Waals surface area contributed by atoms with E-state index in [1.54, 1.807) is 0 Å². The number of nitrogens with one attached hydrogen (secondary N) is 1. The molecule has 1 N–H and O–H groups in total. The van der Waals surface area contributed by atoms with Gasteiger partial charge in [0.1, 0.15) is 6.42 Å². The summed E-state index contributed by atoms with van der Waals surface area (Å²) < 4.78 is 0. The highest BCUT2D eigenvalue weighted by Gasteiger charge is 2.30. The second-order valence-corrected chi connectivity index (χ2v) is 3.96. The Morgan fingerprint density at radius 1 is 1.24 bits per heavy atom. The van der Waals surface area contributed by atoms with Crippen molar-refractivity contribution >= 4 is 17.8 Å². The molecule has 1 aliphatic rings. The molecule has 1 saturated heterocycles. The molecule has 0 aliphatic carbocycles. The van der Waals surface area contributed by atoms with E-state index in [-0.39, 0.29) is 6.42 Å². The normalized spacial score (nSPS) is 16.6. The maximum atomic E-state index is 11.5. The number of hydrogen-bond acceptors (Lipinski definition) is 4. The molecule has 0 radical (unpaired) electrons. The van der Waals surface area contributed by atoms with Crippen molar-refractivity contribution in [3.8, 4) is 0 Å². The van der Waals surface area contributed by atoms with Crippen LogP contribution in [-0.4, -0.2) is 53.8 Å². The molecule has 1 aliphatic heterocycles. The third-order valence-electron chi connectivity index (χ3n) is 2.85. The van der Waals surface area contributed by atoms with Crippen LogP contribution < -0.4 is 5.32 Å². The molecular formula is C11H19N3O3. The molecule has 1 heterocycles. The van der Waals surface area contributed by atoms with Gasteiger partial charge < -0.3 is 4.90 Å². The molecule has 6 heteroatoms. The van der Waals surface area contributed by atoms with Crippen molar-refractivity contribution in [3.05, 3.63) is 0 Å². The van der Waals surface area contributed by atoms with Gasteiger partial charge in [-0.1, -0.05) is 13.8 Å². The summed E-state index contributed by atoms with van der Waals surface area (Å²) in [6, 6.07) is -0.592. The Bertz CT molecular complexity index is 293. The van der Waals surface area contributed by atoms with Crippen molar-refractivity contribution in [2.45, 2.75) is 26.7 Å². The number of amides is 4. The predicted octanol–water partition coefficient (Wildman–Crippen LogP) is 0.187. The number of imide groups is 2. The summed E-state index contributed by atoms with van der Waals surface area (Å²) >= 11 is 0. The van der Waals surface area contributed by atoms with Gasteiger partial charge in [0.25, 0.3) is 0 Å². The molecule has 6 nitrogen and oxygen atoms in total. The Labute approximate surface area is 101 Å². The highest BCUT2D eigenvalue weighted by molar-refractivity contribution is 6.14.